The number of nitrogens with zero attached hydrogens (tertiary/aromatic N) is 3. The second-order valence-corrected chi connectivity index (χ2v) is 6.63. The van der Waals surface area contributed by atoms with Gasteiger partial charge in [-0.15, -0.1) is 0 Å². The molecule has 0 radical (unpaired) electrons. The number of nitrogens with two attached hydrogens (primary N) is 2. The van der Waals surface area contributed by atoms with E-state index in [-0.39, 0.29) is 0 Å². The summed E-state index contributed by atoms with van der Waals surface area (Å²) in [7, 11) is 0. The smallest absolute Gasteiger partial charge is 0.409 e. The molecule has 0 unspecified atom stereocenters. The molecule has 2 heterocycles. The highest BCUT2D eigenvalue weighted by molar-refractivity contribution is 5.75. The lowest BCUT2D eigenvalue weighted by Gasteiger charge is -2.32. The number of amides is 1. The number of carbonyl (C=O) groups is 1. The fourth-order valence-electron chi connectivity index (χ4n) is 3.65. The molecule has 2 aromatic rings. The van der Waals surface area contributed by atoms with Crippen LogP contribution < -0.4 is 16.2 Å². The lowest BCUT2D eigenvalue weighted by molar-refractivity contribution is 0.210. The van der Waals surface area contributed by atoms with Gasteiger partial charge in [-0.1, -0.05) is 11.2 Å². The Morgan fingerprint density at radius 1 is 1.35 bits per heavy atom. The third-order valence-corrected chi connectivity index (χ3v) is 4.89. The largest absolute Gasteiger partial charge is 0.410 e. The van der Waals surface area contributed by atoms with E-state index in [2.05, 4.69) is 15.0 Å². The molecule has 26 heavy (non-hydrogen) atoms. The van der Waals surface area contributed by atoms with Crippen molar-refractivity contribution in [1.82, 2.24) is 15.0 Å². The number of carbonyl (C=O) groups excluding carboxylic acids is 1. The van der Waals surface area contributed by atoms with E-state index in [0.717, 1.165) is 38.0 Å². The Kier molecular flexibility index (Phi) is 5.53. The van der Waals surface area contributed by atoms with Crippen molar-refractivity contribution in [2.24, 2.45) is 11.5 Å². The number of primary amides is 1. The van der Waals surface area contributed by atoms with Crippen molar-refractivity contribution in [3.8, 4) is 17.2 Å². The Balaban J connectivity index is 1.94. The summed E-state index contributed by atoms with van der Waals surface area (Å²) in [6, 6.07) is 3.76. The molecule has 8 nitrogen and oxygen atoms in total. The highest BCUT2D eigenvalue weighted by atomic mass is 16.5. The van der Waals surface area contributed by atoms with Crippen LogP contribution in [0.5, 0.6) is 5.75 Å². The highest BCUT2D eigenvalue weighted by Crippen LogP contribution is 2.39. The van der Waals surface area contributed by atoms with Gasteiger partial charge in [0.25, 0.3) is 5.89 Å². The molecule has 8 heteroatoms. The molecule has 1 aromatic heterocycles. The quantitative estimate of drug-likeness (QED) is 0.837. The van der Waals surface area contributed by atoms with E-state index < -0.39 is 6.09 Å². The van der Waals surface area contributed by atoms with E-state index >= 15 is 0 Å². The SMILES string of the molecule is Cc1noc(-c2c(OC(N)=O)ccc(C3CCN(CCN)CC3)c2C)n1. The molecule has 1 saturated heterocycles. The first-order valence-electron chi connectivity index (χ1n) is 8.83. The fourth-order valence-corrected chi connectivity index (χ4v) is 3.65. The molecular formula is C18H25N5O3. The van der Waals surface area contributed by atoms with Crippen molar-refractivity contribution in [2.45, 2.75) is 32.6 Å². The van der Waals surface area contributed by atoms with Gasteiger partial charge in [0.05, 0.1) is 5.56 Å². The van der Waals surface area contributed by atoms with Gasteiger partial charge in [0, 0.05) is 13.1 Å². The Morgan fingerprint density at radius 2 is 2.08 bits per heavy atom. The minimum Gasteiger partial charge on any atom is -0.410 e. The van der Waals surface area contributed by atoms with E-state index in [0.29, 0.717) is 35.5 Å². The summed E-state index contributed by atoms with van der Waals surface area (Å²) < 4.78 is 10.5. The second-order valence-electron chi connectivity index (χ2n) is 6.63. The molecular weight excluding hydrogens is 334 g/mol. The van der Waals surface area contributed by atoms with Gasteiger partial charge in [0.2, 0.25) is 0 Å². The molecule has 1 aliphatic rings. The van der Waals surface area contributed by atoms with Crippen LogP contribution in [0.15, 0.2) is 16.7 Å². The number of aryl methyl sites for hydroxylation is 1. The molecule has 1 aromatic carbocycles. The zero-order valence-corrected chi connectivity index (χ0v) is 15.2. The van der Waals surface area contributed by atoms with Crippen molar-refractivity contribution in [3.63, 3.8) is 0 Å². The van der Waals surface area contributed by atoms with E-state index in [1.54, 1.807) is 13.0 Å². The lowest BCUT2D eigenvalue weighted by atomic mass is 9.85. The Hall–Kier alpha value is -2.45. The van der Waals surface area contributed by atoms with E-state index in [1.165, 1.54) is 5.56 Å². The van der Waals surface area contributed by atoms with Gasteiger partial charge < -0.3 is 25.6 Å². The third kappa shape index (κ3) is 3.86. The van der Waals surface area contributed by atoms with E-state index in [9.17, 15) is 4.79 Å². The maximum atomic E-state index is 11.3. The Bertz CT molecular complexity index is 781. The Labute approximate surface area is 152 Å². The number of hydrogen-bond donors (Lipinski definition) is 2. The maximum Gasteiger partial charge on any atom is 0.409 e. The minimum absolute atomic E-state index is 0.332. The number of ether oxygens (including phenoxy) is 1. The van der Waals surface area contributed by atoms with Crippen LogP contribution in [0.1, 0.15) is 35.7 Å². The van der Waals surface area contributed by atoms with E-state index in [4.69, 9.17) is 20.7 Å². The average molecular weight is 359 g/mol. The van der Waals surface area contributed by atoms with Crippen LogP contribution in [0.25, 0.3) is 11.5 Å². The van der Waals surface area contributed by atoms with Gasteiger partial charge in [-0.3, -0.25) is 0 Å². The first-order valence-corrected chi connectivity index (χ1v) is 8.83. The maximum absolute atomic E-state index is 11.3. The molecule has 1 aliphatic heterocycles. The average Bonchev–Trinajstić information content (AvgIpc) is 3.02. The van der Waals surface area contributed by atoms with Crippen molar-refractivity contribution < 1.29 is 14.1 Å². The van der Waals surface area contributed by atoms with E-state index in [1.807, 2.05) is 13.0 Å². The normalized spacial score (nSPS) is 16.0. The lowest BCUT2D eigenvalue weighted by Crippen LogP contribution is -2.36. The van der Waals surface area contributed by atoms with Crippen molar-refractivity contribution in [1.29, 1.82) is 0 Å². The van der Waals surface area contributed by atoms with Crippen LogP contribution in [-0.2, 0) is 0 Å². The molecule has 1 amide bonds. The number of rotatable bonds is 5. The number of benzene rings is 1. The predicted octanol–water partition coefficient (Wildman–Crippen LogP) is 1.95. The van der Waals surface area contributed by atoms with Crippen LogP contribution in [0.4, 0.5) is 4.79 Å². The number of likely N-dealkylation sites (tertiary alicyclic amines) is 1. The van der Waals surface area contributed by atoms with Gasteiger partial charge in [-0.25, -0.2) is 4.79 Å². The fraction of sp³-hybridized carbons (Fsp3) is 0.500. The monoisotopic (exact) mass is 359 g/mol. The second kappa shape index (κ2) is 7.84. The van der Waals surface area contributed by atoms with Gasteiger partial charge in [0.15, 0.2) is 5.82 Å². The molecule has 4 N–H and O–H groups in total. The summed E-state index contributed by atoms with van der Waals surface area (Å²) in [4.78, 5) is 18.0. The minimum atomic E-state index is -0.871. The number of aromatic nitrogens is 2. The topological polar surface area (TPSA) is 120 Å². The summed E-state index contributed by atoms with van der Waals surface area (Å²) in [5.41, 5.74) is 13.7. The Morgan fingerprint density at radius 3 is 2.65 bits per heavy atom. The first-order chi connectivity index (χ1) is 12.5. The molecule has 0 bridgehead atoms. The summed E-state index contributed by atoms with van der Waals surface area (Å²) in [5.74, 6) is 1.61. The third-order valence-electron chi connectivity index (χ3n) is 4.89. The molecule has 0 spiro atoms. The van der Waals surface area contributed by atoms with Crippen molar-refractivity contribution in [3.05, 3.63) is 29.1 Å². The molecule has 140 valence electrons. The molecule has 0 atom stereocenters. The van der Waals surface area contributed by atoms with Gasteiger partial charge in [-0.2, -0.15) is 4.98 Å². The standard InChI is InChI=1S/C18H25N5O3/c1-11-14(13-5-8-23(9-6-13)10-7-19)3-4-15(25-18(20)24)16(11)17-21-12(2)22-26-17/h3-4,13H,5-10,19H2,1-2H3,(H2,20,24). The first kappa shape index (κ1) is 18.3. The van der Waals surface area contributed by atoms with Crippen LogP contribution >= 0.6 is 0 Å². The van der Waals surface area contributed by atoms with Crippen molar-refractivity contribution in [2.75, 3.05) is 26.2 Å². The summed E-state index contributed by atoms with van der Waals surface area (Å²) >= 11 is 0. The van der Waals surface area contributed by atoms with Crippen molar-refractivity contribution >= 4 is 6.09 Å². The number of hydrogen-bond acceptors (Lipinski definition) is 7. The highest BCUT2D eigenvalue weighted by Gasteiger charge is 2.26. The van der Waals surface area contributed by atoms with Gasteiger partial charge in [0.1, 0.15) is 5.75 Å². The van der Waals surface area contributed by atoms with Gasteiger partial charge >= 0.3 is 6.09 Å². The van der Waals surface area contributed by atoms with Crippen LogP contribution in [0, 0.1) is 13.8 Å². The van der Waals surface area contributed by atoms with Crippen LogP contribution in [0.3, 0.4) is 0 Å². The van der Waals surface area contributed by atoms with Gasteiger partial charge in [-0.05, 0) is 62.9 Å². The van der Waals surface area contributed by atoms with Crippen LogP contribution in [-0.4, -0.2) is 47.3 Å². The van der Waals surface area contributed by atoms with Crippen LogP contribution in [0.2, 0.25) is 0 Å². The number of piperidine rings is 1. The molecule has 0 saturated carbocycles. The summed E-state index contributed by atoms with van der Waals surface area (Å²) in [6.45, 7) is 7.40. The zero-order valence-electron chi connectivity index (χ0n) is 15.2. The summed E-state index contributed by atoms with van der Waals surface area (Å²) in [5, 5.41) is 3.85. The molecule has 0 aliphatic carbocycles. The predicted molar refractivity (Wildman–Crippen MR) is 96.9 cm³/mol. The molecule has 3 rings (SSSR count). The molecule has 1 fully saturated rings. The zero-order chi connectivity index (χ0) is 18.7. The summed E-state index contributed by atoms with van der Waals surface area (Å²) in [6.07, 6.45) is 1.24.